The summed E-state index contributed by atoms with van der Waals surface area (Å²) in [6.07, 6.45) is 1.32. The van der Waals surface area contributed by atoms with Crippen molar-refractivity contribution in [2.45, 2.75) is 18.6 Å². The molecule has 1 aliphatic heterocycles. The van der Waals surface area contributed by atoms with Gasteiger partial charge < -0.3 is 5.32 Å². The highest BCUT2D eigenvalue weighted by molar-refractivity contribution is 8.00. The standard InChI is InChI=1S/C6H13NS/c1-2-6-5-7-3-4-8-6/h6-7H,2-5H2,1H3. The van der Waals surface area contributed by atoms with Gasteiger partial charge in [-0.15, -0.1) is 0 Å². The molecule has 1 aliphatic rings. The summed E-state index contributed by atoms with van der Waals surface area (Å²) in [6, 6.07) is 0. The van der Waals surface area contributed by atoms with Gasteiger partial charge in [0.2, 0.25) is 0 Å². The van der Waals surface area contributed by atoms with Gasteiger partial charge in [0.25, 0.3) is 0 Å². The van der Waals surface area contributed by atoms with Crippen LogP contribution in [0.3, 0.4) is 0 Å². The fraction of sp³-hybridized carbons (Fsp3) is 1.00. The fourth-order valence-corrected chi connectivity index (χ4v) is 1.95. The molecule has 8 heavy (non-hydrogen) atoms. The van der Waals surface area contributed by atoms with Crippen LogP contribution in [0.4, 0.5) is 0 Å². The number of hydrogen-bond acceptors (Lipinski definition) is 2. The van der Waals surface area contributed by atoms with Gasteiger partial charge in [-0.05, 0) is 6.42 Å². The fourth-order valence-electron chi connectivity index (χ4n) is 0.882. The summed E-state index contributed by atoms with van der Waals surface area (Å²) < 4.78 is 0. The third-order valence-corrected chi connectivity index (χ3v) is 2.87. The van der Waals surface area contributed by atoms with Gasteiger partial charge in [-0.3, -0.25) is 0 Å². The zero-order valence-corrected chi connectivity index (χ0v) is 6.13. The molecule has 1 nitrogen and oxygen atoms in total. The Hall–Kier alpha value is 0.310. The van der Waals surface area contributed by atoms with Crippen molar-refractivity contribution in [3.8, 4) is 0 Å². The monoisotopic (exact) mass is 131 g/mol. The molecule has 1 heterocycles. The predicted molar refractivity (Wildman–Crippen MR) is 39.4 cm³/mol. The first-order chi connectivity index (χ1) is 3.93. The van der Waals surface area contributed by atoms with Gasteiger partial charge in [-0.2, -0.15) is 11.8 Å². The van der Waals surface area contributed by atoms with Gasteiger partial charge >= 0.3 is 0 Å². The molecule has 1 unspecified atom stereocenters. The highest BCUT2D eigenvalue weighted by atomic mass is 32.2. The summed E-state index contributed by atoms with van der Waals surface area (Å²) in [4.78, 5) is 0. The largest absolute Gasteiger partial charge is 0.315 e. The van der Waals surface area contributed by atoms with E-state index in [1.165, 1.54) is 25.3 Å². The van der Waals surface area contributed by atoms with Crippen LogP contribution < -0.4 is 5.32 Å². The van der Waals surface area contributed by atoms with Crippen molar-refractivity contribution < 1.29 is 0 Å². The summed E-state index contributed by atoms with van der Waals surface area (Å²) >= 11 is 2.10. The Labute approximate surface area is 55.2 Å². The van der Waals surface area contributed by atoms with E-state index in [0.717, 1.165) is 5.25 Å². The zero-order valence-electron chi connectivity index (χ0n) is 5.31. The van der Waals surface area contributed by atoms with E-state index < -0.39 is 0 Å². The molecule has 0 amide bonds. The van der Waals surface area contributed by atoms with E-state index in [1.54, 1.807) is 0 Å². The second kappa shape index (κ2) is 3.36. The first-order valence-corrected chi connectivity index (χ1v) is 4.30. The molecule has 0 aromatic rings. The lowest BCUT2D eigenvalue weighted by Gasteiger charge is -2.20. The van der Waals surface area contributed by atoms with Crippen molar-refractivity contribution >= 4 is 11.8 Å². The minimum Gasteiger partial charge on any atom is -0.315 e. The topological polar surface area (TPSA) is 12.0 Å². The zero-order chi connectivity index (χ0) is 5.82. The van der Waals surface area contributed by atoms with Crippen LogP contribution in [0.25, 0.3) is 0 Å². The van der Waals surface area contributed by atoms with E-state index in [0.29, 0.717) is 0 Å². The van der Waals surface area contributed by atoms with E-state index in [4.69, 9.17) is 0 Å². The quantitative estimate of drug-likeness (QED) is 0.572. The number of hydrogen-bond donors (Lipinski definition) is 1. The summed E-state index contributed by atoms with van der Waals surface area (Å²) in [6.45, 7) is 4.69. The molecular weight excluding hydrogens is 118 g/mol. The number of rotatable bonds is 1. The highest BCUT2D eigenvalue weighted by Gasteiger charge is 2.09. The predicted octanol–water partition coefficient (Wildman–Crippen LogP) is 1.10. The number of thioether (sulfide) groups is 1. The van der Waals surface area contributed by atoms with Gasteiger partial charge in [-0.25, -0.2) is 0 Å². The third kappa shape index (κ3) is 1.67. The summed E-state index contributed by atoms with van der Waals surface area (Å²) in [5, 5.41) is 4.26. The Morgan fingerprint density at radius 3 is 3.00 bits per heavy atom. The lowest BCUT2D eigenvalue weighted by Crippen LogP contribution is -2.32. The van der Waals surface area contributed by atoms with Crippen molar-refractivity contribution in [2.24, 2.45) is 0 Å². The van der Waals surface area contributed by atoms with Crippen LogP contribution in [0.5, 0.6) is 0 Å². The molecule has 1 fully saturated rings. The maximum atomic E-state index is 3.36. The molecule has 1 saturated heterocycles. The van der Waals surface area contributed by atoms with Crippen LogP contribution >= 0.6 is 11.8 Å². The molecule has 1 rings (SSSR count). The van der Waals surface area contributed by atoms with Crippen LogP contribution in [0.2, 0.25) is 0 Å². The molecule has 1 N–H and O–H groups in total. The molecule has 0 aromatic heterocycles. The van der Waals surface area contributed by atoms with Crippen LogP contribution in [-0.4, -0.2) is 24.1 Å². The molecule has 2 heteroatoms. The van der Waals surface area contributed by atoms with Crippen molar-refractivity contribution in [2.75, 3.05) is 18.8 Å². The van der Waals surface area contributed by atoms with Crippen LogP contribution in [0.15, 0.2) is 0 Å². The third-order valence-electron chi connectivity index (χ3n) is 1.46. The SMILES string of the molecule is CCC1CNCCS1. The minimum atomic E-state index is 0.892. The normalized spacial score (nSPS) is 30.4. The van der Waals surface area contributed by atoms with E-state index in [2.05, 4.69) is 24.0 Å². The molecule has 1 atom stereocenters. The van der Waals surface area contributed by atoms with Crippen molar-refractivity contribution in [3.63, 3.8) is 0 Å². The van der Waals surface area contributed by atoms with Crippen molar-refractivity contribution in [1.29, 1.82) is 0 Å². The van der Waals surface area contributed by atoms with Gasteiger partial charge in [0, 0.05) is 24.1 Å². The minimum absolute atomic E-state index is 0.892. The average molecular weight is 131 g/mol. The first kappa shape index (κ1) is 6.43. The molecule has 0 saturated carbocycles. The Morgan fingerprint density at radius 2 is 2.62 bits per heavy atom. The van der Waals surface area contributed by atoms with E-state index >= 15 is 0 Å². The first-order valence-electron chi connectivity index (χ1n) is 3.26. The van der Waals surface area contributed by atoms with Crippen molar-refractivity contribution in [1.82, 2.24) is 5.32 Å². The maximum absolute atomic E-state index is 3.36. The Morgan fingerprint density at radius 1 is 1.75 bits per heavy atom. The van der Waals surface area contributed by atoms with Crippen LogP contribution in [0, 0.1) is 0 Å². The average Bonchev–Trinajstić information content (AvgIpc) is 1.90. The molecule has 0 aromatic carbocycles. The van der Waals surface area contributed by atoms with Gasteiger partial charge in [0.05, 0.1) is 0 Å². The highest BCUT2D eigenvalue weighted by Crippen LogP contribution is 2.15. The second-order valence-corrected chi connectivity index (χ2v) is 3.51. The van der Waals surface area contributed by atoms with Crippen LogP contribution in [0.1, 0.15) is 13.3 Å². The summed E-state index contributed by atoms with van der Waals surface area (Å²) in [5.74, 6) is 1.30. The van der Waals surface area contributed by atoms with Crippen LogP contribution in [-0.2, 0) is 0 Å². The van der Waals surface area contributed by atoms with E-state index in [-0.39, 0.29) is 0 Å². The molecule has 0 radical (unpaired) electrons. The Balaban J connectivity index is 2.13. The lowest BCUT2D eigenvalue weighted by molar-refractivity contribution is 0.658. The molecule has 0 bridgehead atoms. The van der Waals surface area contributed by atoms with Gasteiger partial charge in [0.15, 0.2) is 0 Å². The second-order valence-electron chi connectivity index (χ2n) is 2.11. The summed E-state index contributed by atoms with van der Waals surface area (Å²) in [5.41, 5.74) is 0. The van der Waals surface area contributed by atoms with E-state index in [9.17, 15) is 0 Å². The van der Waals surface area contributed by atoms with Crippen molar-refractivity contribution in [3.05, 3.63) is 0 Å². The number of nitrogens with one attached hydrogen (secondary N) is 1. The lowest BCUT2D eigenvalue weighted by atomic mass is 10.3. The van der Waals surface area contributed by atoms with E-state index in [1.807, 2.05) is 0 Å². The Bertz CT molecular complexity index is 59.5. The summed E-state index contributed by atoms with van der Waals surface area (Å²) in [7, 11) is 0. The van der Waals surface area contributed by atoms with Gasteiger partial charge in [0.1, 0.15) is 0 Å². The molecule has 0 spiro atoms. The molecule has 0 aliphatic carbocycles. The Kier molecular flexibility index (Phi) is 2.70. The molecule has 48 valence electrons. The van der Waals surface area contributed by atoms with Gasteiger partial charge in [-0.1, -0.05) is 6.92 Å². The smallest absolute Gasteiger partial charge is 0.0170 e. The maximum Gasteiger partial charge on any atom is 0.0170 e. The molecular formula is C6H13NS.